The van der Waals surface area contributed by atoms with Gasteiger partial charge < -0.3 is 10.5 Å². The lowest BCUT2D eigenvalue weighted by molar-refractivity contribution is 0.421. The molecule has 0 fully saturated rings. The van der Waals surface area contributed by atoms with Crippen LogP contribution >= 0.6 is 11.8 Å². The Morgan fingerprint density at radius 2 is 2.25 bits per heavy atom. The normalized spacial score (nSPS) is 10.9. The summed E-state index contributed by atoms with van der Waals surface area (Å²) in [7, 11) is 0. The van der Waals surface area contributed by atoms with E-state index in [1.54, 1.807) is 24.3 Å². The zero-order valence-electron chi connectivity index (χ0n) is 9.01. The quantitative estimate of drug-likeness (QED) is 0.367. The first kappa shape index (κ1) is 12.3. The fourth-order valence-electron chi connectivity index (χ4n) is 0.945. The van der Waals surface area contributed by atoms with Crippen LogP contribution in [0.3, 0.4) is 0 Å². The average molecular weight is 235 g/mol. The molecule has 1 aromatic heterocycles. The number of nitrogens with two attached hydrogens (primary N) is 1. The number of nitrogen functional groups attached to an aromatic ring is 1. The highest BCUT2D eigenvalue weighted by Gasteiger charge is 2.03. The molecule has 0 spiro atoms. The second-order valence-electron chi connectivity index (χ2n) is 2.73. The molecule has 0 saturated heterocycles. The first-order valence-electron chi connectivity index (χ1n) is 4.51. The van der Waals surface area contributed by atoms with Crippen molar-refractivity contribution in [2.75, 3.05) is 12.0 Å². The Bertz CT molecular complexity index is 429. The molecule has 5 heteroatoms. The molecule has 2 N–H and O–H groups in total. The number of hydrogen-bond acceptors (Lipinski definition) is 5. The maximum atomic E-state index is 5.62. The SMILES string of the molecule is C=CC=C(C=C)Oc1cc(N)nc(SC)n1. The van der Waals surface area contributed by atoms with Crippen LogP contribution in [0.25, 0.3) is 0 Å². The van der Waals surface area contributed by atoms with Crippen LogP contribution in [-0.4, -0.2) is 16.2 Å². The molecule has 4 nitrogen and oxygen atoms in total. The molecule has 1 heterocycles. The van der Waals surface area contributed by atoms with Gasteiger partial charge in [0.05, 0.1) is 0 Å². The van der Waals surface area contributed by atoms with Gasteiger partial charge in [0.25, 0.3) is 0 Å². The number of aromatic nitrogens is 2. The molecule has 0 aromatic carbocycles. The summed E-state index contributed by atoms with van der Waals surface area (Å²) in [6, 6.07) is 1.56. The van der Waals surface area contributed by atoms with E-state index >= 15 is 0 Å². The highest BCUT2D eigenvalue weighted by Crippen LogP contribution is 2.18. The van der Waals surface area contributed by atoms with Crippen molar-refractivity contribution in [1.29, 1.82) is 0 Å². The highest BCUT2D eigenvalue weighted by atomic mass is 32.2. The molecular weight excluding hydrogens is 222 g/mol. The van der Waals surface area contributed by atoms with Gasteiger partial charge in [0.15, 0.2) is 5.16 Å². The summed E-state index contributed by atoms with van der Waals surface area (Å²) < 4.78 is 5.45. The number of allylic oxidation sites excluding steroid dienone is 3. The maximum Gasteiger partial charge on any atom is 0.225 e. The fraction of sp³-hybridized carbons (Fsp3) is 0.0909. The zero-order valence-corrected chi connectivity index (χ0v) is 9.83. The van der Waals surface area contributed by atoms with Crippen LogP contribution in [0.15, 0.2) is 48.4 Å². The van der Waals surface area contributed by atoms with Crippen LogP contribution < -0.4 is 10.5 Å². The lowest BCUT2D eigenvalue weighted by atomic mass is 10.4. The molecular formula is C11H13N3OS. The minimum atomic E-state index is 0.372. The molecule has 1 aromatic rings. The number of thioether (sulfide) groups is 1. The third kappa shape index (κ3) is 3.43. The van der Waals surface area contributed by atoms with E-state index in [-0.39, 0.29) is 0 Å². The summed E-state index contributed by atoms with van der Waals surface area (Å²) >= 11 is 1.40. The minimum absolute atomic E-state index is 0.372. The average Bonchev–Trinajstić information content (AvgIpc) is 2.27. The predicted octanol–water partition coefficient (Wildman–Crippen LogP) is 2.42. The number of anilines is 1. The van der Waals surface area contributed by atoms with Gasteiger partial charge in [-0.2, -0.15) is 4.98 Å². The summed E-state index contributed by atoms with van der Waals surface area (Å²) in [5, 5.41) is 0.567. The van der Waals surface area contributed by atoms with Crippen molar-refractivity contribution < 1.29 is 4.74 Å². The van der Waals surface area contributed by atoms with E-state index in [9.17, 15) is 0 Å². The van der Waals surface area contributed by atoms with Crippen molar-refractivity contribution in [3.8, 4) is 5.88 Å². The lowest BCUT2D eigenvalue weighted by Crippen LogP contribution is -1.99. The minimum Gasteiger partial charge on any atom is -0.439 e. The third-order valence-corrected chi connectivity index (χ3v) is 2.14. The topological polar surface area (TPSA) is 61.0 Å². The van der Waals surface area contributed by atoms with Crippen LogP contribution in [-0.2, 0) is 0 Å². The van der Waals surface area contributed by atoms with Gasteiger partial charge in [-0.15, -0.1) is 0 Å². The van der Waals surface area contributed by atoms with E-state index < -0.39 is 0 Å². The first-order chi connectivity index (χ1) is 7.69. The lowest BCUT2D eigenvalue weighted by Gasteiger charge is -2.06. The molecule has 0 unspecified atom stereocenters. The molecule has 0 aliphatic heterocycles. The molecule has 0 amide bonds. The zero-order chi connectivity index (χ0) is 12.0. The maximum absolute atomic E-state index is 5.62. The Balaban J connectivity index is 2.95. The number of rotatable bonds is 5. The van der Waals surface area contributed by atoms with Crippen molar-refractivity contribution >= 4 is 17.6 Å². The van der Waals surface area contributed by atoms with Crippen LogP contribution in [0.1, 0.15) is 0 Å². The third-order valence-electron chi connectivity index (χ3n) is 1.59. The summed E-state index contributed by atoms with van der Waals surface area (Å²) in [5.74, 6) is 1.32. The van der Waals surface area contributed by atoms with Crippen LogP contribution in [0.2, 0.25) is 0 Å². The largest absolute Gasteiger partial charge is 0.439 e. The van der Waals surface area contributed by atoms with E-state index in [0.717, 1.165) is 0 Å². The van der Waals surface area contributed by atoms with Crippen molar-refractivity contribution in [1.82, 2.24) is 9.97 Å². The molecule has 0 bridgehead atoms. The van der Waals surface area contributed by atoms with E-state index in [1.165, 1.54) is 11.8 Å². The Morgan fingerprint density at radius 3 is 2.81 bits per heavy atom. The smallest absolute Gasteiger partial charge is 0.225 e. The van der Waals surface area contributed by atoms with Crippen molar-refractivity contribution in [3.05, 3.63) is 43.2 Å². The molecule has 1 rings (SSSR count). The molecule has 16 heavy (non-hydrogen) atoms. The Labute approximate surface area is 98.9 Å². The van der Waals surface area contributed by atoms with Gasteiger partial charge in [-0.3, -0.25) is 0 Å². The molecule has 0 atom stereocenters. The van der Waals surface area contributed by atoms with Gasteiger partial charge >= 0.3 is 0 Å². The highest BCUT2D eigenvalue weighted by molar-refractivity contribution is 7.98. The van der Waals surface area contributed by atoms with Gasteiger partial charge in [-0.05, 0) is 18.4 Å². The predicted molar refractivity (Wildman–Crippen MR) is 67.3 cm³/mol. The van der Waals surface area contributed by atoms with Gasteiger partial charge in [0, 0.05) is 6.07 Å². The van der Waals surface area contributed by atoms with Crippen LogP contribution in [0, 0.1) is 0 Å². The molecule has 0 aliphatic rings. The summed E-state index contributed by atoms with van der Waals surface area (Å²) in [5.41, 5.74) is 5.62. The van der Waals surface area contributed by atoms with E-state index in [4.69, 9.17) is 10.5 Å². The van der Waals surface area contributed by atoms with Crippen LogP contribution in [0.5, 0.6) is 5.88 Å². The van der Waals surface area contributed by atoms with Gasteiger partial charge in [-0.25, -0.2) is 4.98 Å². The van der Waals surface area contributed by atoms with Gasteiger partial charge in [-0.1, -0.05) is 31.0 Å². The van der Waals surface area contributed by atoms with Gasteiger partial charge in [0.1, 0.15) is 11.6 Å². The van der Waals surface area contributed by atoms with Crippen molar-refractivity contribution in [2.24, 2.45) is 0 Å². The molecule has 0 saturated carbocycles. The van der Waals surface area contributed by atoms with Crippen molar-refractivity contribution in [3.63, 3.8) is 0 Å². The van der Waals surface area contributed by atoms with Gasteiger partial charge in [0.2, 0.25) is 5.88 Å². The molecule has 0 aliphatic carbocycles. The number of nitrogens with zero attached hydrogens (tertiary/aromatic N) is 2. The Hall–Kier alpha value is -1.75. The monoisotopic (exact) mass is 235 g/mol. The standard InChI is InChI=1S/C11H13N3OS/c1-4-6-8(5-2)15-10-7-9(12)13-11(14-10)16-3/h4-7H,1-2H2,3H3,(H2,12,13,14). The fourth-order valence-corrected chi connectivity index (χ4v) is 1.32. The van der Waals surface area contributed by atoms with E-state index in [1.807, 2.05) is 6.26 Å². The van der Waals surface area contributed by atoms with Crippen LogP contribution in [0.4, 0.5) is 5.82 Å². The first-order valence-corrected chi connectivity index (χ1v) is 5.73. The second kappa shape index (κ2) is 5.97. The summed E-state index contributed by atoms with van der Waals surface area (Å²) in [4.78, 5) is 8.16. The van der Waals surface area contributed by atoms with Crippen molar-refractivity contribution in [2.45, 2.75) is 5.16 Å². The van der Waals surface area contributed by atoms with E-state index in [0.29, 0.717) is 22.6 Å². The molecule has 84 valence electrons. The molecule has 0 radical (unpaired) electrons. The number of hydrogen-bond donors (Lipinski definition) is 1. The Morgan fingerprint density at radius 1 is 1.50 bits per heavy atom. The summed E-state index contributed by atoms with van der Waals surface area (Å²) in [6.07, 6.45) is 6.73. The Kier molecular flexibility index (Phi) is 4.60. The summed E-state index contributed by atoms with van der Waals surface area (Å²) in [6.45, 7) is 7.20. The van der Waals surface area contributed by atoms with E-state index in [2.05, 4.69) is 23.1 Å². The second-order valence-corrected chi connectivity index (χ2v) is 3.50. The number of ether oxygens (including phenoxy) is 1.